The molecule has 0 aliphatic heterocycles. The third-order valence-electron chi connectivity index (χ3n) is 6.00. The fourth-order valence-corrected chi connectivity index (χ4v) is 4.77. The summed E-state index contributed by atoms with van der Waals surface area (Å²) in [7, 11) is 0. The summed E-state index contributed by atoms with van der Waals surface area (Å²) in [5, 5.41) is 5.09. The lowest BCUT2D eigenvalue weighted by Crippen LogP contribution is -2.43. The van der Waals surface area contributed by atoms with Gasteiger partial charge < -0.3 is 10.2 Å². The zero-order valence-corrected chi connectivity index (χ0v) is 23.2. The van der Waals surface area contributed by atoms with E-state index in [1.165, 1.54) is 0 Å². The molecule has 0 fully saturated rings. The van der Waals surface area contributed by atoms with E-state index >= 15 is 0 Å². The second-order valence-corrected chi connectivity index (χ2v) is 10.4. The maximum Gasteiger partial charge on any atom is 0.247 e. The molecule has 4 rings (SSSR count). The molecular weight excluding hydrogens is 562 g/mol. The SMILES string of the molecule is O=C(NCc1ccc(Cl)cc1Cl)[C@@H](c1ccccc1)N(Cc1ccc(Cl)cc1)C(=O)Cc1ccc(Cl)cc1. The minimum Gasteiger partial charge on any atom is -0.350 e. The number of rotatable bonds is 9. The molecule has 0 aliphatic carbocycles. The average molecular weight is 586 g/mol. The summed E-state index contributed by atoms with van der Waals surface area (Å²) < 4.78 is 0. The third-order valence-corrected chi connectivity index (χ3v) is 7.09. The van der Waals surface area contributed by atoms with Crippen LogP contribution < -0.4 is 5.32 Å². The lowest BCUT2D eigenvalue weighted by molar-refractivity contribution is -0.141. The predicted molar refractivity (Wildman–Crippen MR) is 155 cm³/mol. The van der Waals surface area contributed by atoms with E-state index in [0.29, 0.717) is 31.2 Å². The Hall–Kier alpha value is -3.02. The summed E-state index contributed by atoms with van der Waals surface area (Å²) in [6.07, 6.45) is 0.102. The number of halogens is 4. The first-order valence-corrected chi connectivity index (χ1v) is 13.4. The summed E-state index contributed by atoms with van der Waals surface area (Å²) in [4.78, 5) is 29.2. The largest absolute Gasteiger partial charge is 0.350 e. The molecule has 8 heteroatoms. The van der Waals surface area contributed by atoms with Gasteiger partial charge in [0.1, 0.15) is 6.04 Å². The van der Waals surface area contributed by atoms with E-state index in [0.717, 1.165) is 11.1 Å². The quantitative estimate of drug-likeness (QED) is 0.217. The Kier molecular flexibility index (Phi) is 9.70. The van der Waals surface area contributed by atoms with Crippen LogP contribution in [0.4, 0.5) is 0 Å². The lowest BCUT2D eigenvalue weighted by atomic mass is 10.0. The number of carbonyl (C=O) groups is 2. The lowest BCUT2D eigenvalue weighted by Gasteiger charge is -2.32. The maximum atomic E-state index is 13.8. The van der Waals surface area contributed by atoms with E-state index in [1.807, 2.05) is 42.5 Å². The molecule has 0 aliphatic rings. The van der Waals surface area contributed by atoms with Crippen molar-refractivity contribution in [2.45, 2.75) is 25.6 Å². The van der Waals surface area contributed by atoms with E-state index in [9.17, 15) is 9.59 Å². The molecule has 4 aromatic rings. The molecule has 4 aromatic carbocycles. The van der Waals surface area contributed by atoms with Gasteiger partial charge in [0.05, 0.1) is 6.42 Å². The molecule has 1 N–H and O–H groups in total. The van der Waals surface area contributed by atoms with Crippen molar-refractivity contribution in [2.75, 3.05) is 0 Å². The normalized spacial score (nSPS) is 11.6. The van der Waals surface area contributed by atoms with Gasteiger partial charge in [-0.15, -0.1) is 0 Å². The number of hydrogen-bond donors (Lipinski definition) is 1. The summed E-state index contributed by atoms with van der Waals surface area (Å²) in [6.45, 7) is 0.386. The second kappa shape index (κ2) is 13.2. The molecule has 0 heterocycles. The van der Waals surface area contributed by atoms with Gasteiger partial charge in [-0.05, 0) is 58.7 Å². The molecule has 0 radical (unpaired) electrons. The first-order chi connectivity index (χ1) is 18.3. The molecule has 2 amide bonds. The fourth-order valence-electron chi connectivity index (χ4n) is 4.04. The first kappa shape index (κ1) is 28.0. The Morgan fingerprint density at radius 3 is 1.89 bits per heavy atom. The van der Waals surface area contributed by atoms with Crippen molar-refractivity contribution in [1.82, 2.24) is 10.2 Å². The molecule has 194 valence electrons. The number of carbonyl (C=O) groups excluding carboxylic acids is 2. The number of benzene rings is 4. The van der Waals surface area contributed by atoms with Crippen molar-refractivity contribution in [1.29, 1.82) is 0 Å². The minimum absolute atomic E-state index is 0.102. The van der Waals surface area contributed by atoms with Gasteiger partial charge in [-0.2, -0.15) is 0 Å². The molecular formula is C30H24Cl4N2O2. The van der Waals surface area contributed by atoms with Crippen LogP contribution in [0.3, 0.4) is 0 Å². The van der Waals surface area contributed by atoms with Gasteiger partial charge in [0.2, 0.25) is 11.8 Å². The van der Waals surface area contributed by atoms with E-state index in [-0.39, 0.29) is 31.3 Å². The number of nitrogens with zero attached hydrogens (tertiary/aromatic N) is 1. The van der Waals surface area contributed by atoms with Crippen molar-refractivity contribution in [3.8, 4) is 0 Å². The Morgan fingerprint density at radius 1 is 0.711 bits per heavy atom. The van der Waals surface area contributed by atoms with Crippen molar-refractivity contribution < 1.29 is 9.59 Å². The highest BCUT2D eigenvalue weighted by molar-refractivity contribution is 6.35. The van der Waals surface area contributed by atoms with E-state index in [4.69, 9.17) is 46.4 Å². The van der Waals surface area contributed by atoms with Gasteiger partial charge >= 0.3 is 0 Å². The van der Waals surface area contributed by atoms with Crippen molar-refractivity contribution in [3.63, 3.8) is 0 Å². The van der Waals surface area contributed by atoms with Gasteiger partial charge in [-0.3, -0.25) is 9.59 Å². The zero-order chi connectivity index (χ0) is 27.1. The van der Waals surface area contributed by atoms with E-state index < -0.39 is 6.04 Å². The van der Waals surface area contributed by atoms with Crippen LogP contribution in [-0.4, -0.2) is 16.7 Å². The summed E-state index contributed by atoms with van der Waals surface area (Å²) in [5.74, 6) is -0.545. The standard InChI is InChI=1S/C30H24Cl4N2O2/c31-24-11-6-20(7-12-24)16-28(37)36(19-21-8-13-25(32)14-9-21)29(22-4-2-1-3-5-22)30(38)35-18-23-10-15-26(33)17-27(23)34/h1-15,17,29H,16,18-19H2,(H,35,38)/t29-/m1/s1. The monoisotopic (exact) mass is 584 g/mol. The van der Waals surface area contributed by atoms with Crippen molar-refractivity contribution in [2.24, 2.45) is 0 Å². The molecule has 0 saturated carbocycles. The highest BCUT2D eigenvalue weighted by atomic mass is 35.5. The predicted octanol–water partition coefficient (Wildman–Crippen LogP) is 7.93. The fraction of sp³-hybridized carbons (Fsp3) is 0.133. The molecule has 38 heavy (non-hydrogen) atoms. The van der Waals surface area contributed by atoms with Gasteiger partial charge in [0.25, 0.3) is 0 Å². The average Bonchev–Trinajstić information content (AvgIpc) is 2.91. The van der Waals surface area contributed by atoms with Crippen LogP contribution in [0.1, 0.15) is 28.3 Å². The molecule has 0 saturated heterocycles. The third kappa shape index (κ3) is 7.52. The maximum absolute atomic E-state index is 13.8. The van der Waals surface area contributed by atoms with Gasteiger partial charge in [0, 0.05) is 33.2 Å². The van der Waals surface area contributed by atoms with Crippen LogP contribution in [0.15, 0.2) is 97.1 Å². The Labute approximate surface area is 242 Å². The highest BCUT2D eigenvalue weighted by Crippen LogP contribution is 2.27. The molecule has 0 unspecified atom stereocenters. The van der Waals surface area contributed by atoms with Crippen LogP contribution in [0.25, 0.3) is 0 Å². The highest BCUT2D eigenvalue weighted by Gasteiger charge is 2.31. The number of amides is 2. The topological polar surface area (TPSA) is 49.4 Å². The van der Waals surface area contributed by atoms with Crippen LogP contribution in [0, 0.1) is 0 Å². The minimum atomic E-state index is -0.891. The molecule has 1 atom stereocenters. The Morgan fingerprint density at radius 2 is 1.29 bits per heavy atom. The van der Waals surface area contributed by atoms with Crippen molar-refractivity contribution >= 4 is 58.2 Å². The Balaban J connectivity index is 1.67. The van der Waals surface area contributed by atoms with E-state index in [1.54, 1.807) is 59.5 Å². The smallest absolute Gasteiger partial charge is 0.247 e. The number of hydrogen-bond acceptors (Lipinski definition) is 2. The molecule has 0 bridgehead atoms. The summed E-state index contributed by atoms with van der Waals surface area (Å²) >= 11 is 24.5. The summed E-state index contributed by atoms with van der Waals surface area (Å²) in [5.41, 5.74) is 3.03. The van der Waals surface area contributed by atoms with Crippen LogP contribution in [0.2, 0.25) is 20.1 Å². The zero-order valence-electron chi connectivity index (χ0n) is 20.2. The molecule has 4 nitrogen and oxygen atoms in total. The van der Waals surface area contributed by atoms with Crippen molar-refractivity contribution in [3.05, 3.63) is 139 Å². The van der Waals surface area contributed by atoms with Crippen LogP contribution in [-0.2, 0) is 29.1 Å². The Bertz CT molecular complexity index is 1390. The van der Waals surface area contributed by atoms with Gasteiger partial charge in [0.15, 0.2) is 0 Å². The van der Waals surface area contributed by atoms with Crippen LogP contribution in [0.5, 0.6) is 0 Å². The molecule has 0 aromatic heterocycles. The number of nitrogens with one attached hydrogen (secondary N) is 1. The first-order valence-electron chi connectivity index (χ1n) is 11.8. The van der Waals surface area contributed by atoms with Gasteiger partial charge in [-0.25, -0.2) is 0 Å². The van der Waals surface area contributed by atoms with Crippen LogP contribution >= 0.6 is 46.4 Å². The molecule has 0 spiro atoms. The second-order valence-electron chi connectivity index (χ2n) is 8.72. The summed E-state index contributed by atoms with van der Waals surface area (Å²) in [6, 6.07) is 27.8. The van der Waals surface area contributed by atoms with Gasteiger partial charge in [-0.1, -0.05) is 107 Å². The van der Waals surface area contributed by atoms with E-state index in [2.05, 4.69) is 5.32 Å².